The van der Waals surface area contributed by atoms with Crippen molar-refractivity contribution in [2.24, 2.45) is 0 Å². The lowest BCUT2D eigenvalue weighted by atomic mass is 9.92. The molecular weight excluding hydrogens is 352 g/mol. The fourth-order valence-electron chi connectivity index (χ4n) is 3.26. The largest absolute Gasteiger partial charge is 0.497 e. The normalized spacial score (nSPS) is 26.0. The van der Waals surface area contributed by atoms with Gasteiger partial charge < -0.3 is 14.8 Å². The molecule has 2 fully saturated rings. The van der Waals surface area contributed by atoms with Gasteiger partial charge in [0.15, 0.2) is 0 Å². The molecule has 4 amide bonds. The Labute approximate surface area is 157 Å². The van der Waals surface area contributed by atoms with Crippen LogP contribution in [0.1, 0.15) is 19.4 Å². The average Bonchev–Trinajstić information content (AvgIpc) is 2.86. The van der Waals surface area contributed by atoms with E-state index in [4.69, 9.17) is 9.47 Å². The molecule has 27 heavy (non-hydrogen) atoms. The van der Waals surface area contributed by atoms with Gasteiger partial charge in [-0.05, 0) is 31.5 Å². The Bertz CT molecular complexity index is 738. The number of nitrogens with one attached hydrogen (secondary N) is 2. The summed E-state index contributed by atoms with van der Waals surface area (Å²) in [5.41, 5.74) is 1.75. The van der Waals surface area contributed by atoms with Crippen LogP contribution in [0.2, 0.25) is 0 Å². The number of imide groups is 1. The molecule has 1 aromatic rings. The molecule has 1 aromatic carbocycles. The number of ether oxygens (including phenoxy) is 2. The van der Waals surface area contributed by atoms with Crippen LogP contribution in [-0.2, 0) is 19.9 Å². The molecule has 2 saturated heterocycles. The first-order valence-corrected chi connectivity index (χ1v) is 8.78. The molecule has 9 heteroatoms. The molecule has 0 unspecified atom stereocenters. The maximum atomic E-state index is 12.8. The predicted octanol–water partition coefficient (Wildman–Crippen LogP) is 0.214. The Morgan fingerprint density at radius 3 is 2.70 bits per heavy atom. The van der Waals surface area contributed by atoms with Crippen molar-refractivity contribution in [1.29, 1.82) is 0 Å². The van der Waals surface area contributed by atoms with Gasteiger partial charge in [0.2, 0.25) is 0 Å². The number of urea groups is 1. The van der Waals surface area contributed by atoms with Crippen molar-refractivity contribution >= 4 is 17.8 Å². The molecule has 2 aliphatic heterocycles. The first-order chi connectivity index (χ1) is 12.8. The first-order valence-electron chi connectivity index (χ1n) is 8.78. The second kappa shape index (κ2) is 7.53. The number of hydrogen-bond donors (Lipinski definition) is 2. The molecule has 0 aromatic heterocycles. The third-order valence-corrected chi connectivity index (χ3v) is 4.79. The molecule has 0 saturated carbocycles. The summed E-state index contributed by atoms with van der Waals surface area (Å²) in [6, 6.07) is 6.17. The number of carbonyl (C=O) groups excluding carboxylic acids is 3. The Morgan fingerprint density at radius 2 is 2.07 bits per heavy atom. The molecule has 9 nitrogen and oxygen atoms in total. The second-order valence-electron chi connectivity index (χ2n) is 6.88. The van der Waals surface area contributed by atoms with Gasteiger partial charge in [-0.3, -0.25) is 19.9 Å². The highest BCUT2D eigenvalue weighted by molar-refractivity contribution is 6.08. The van der Waals surface area contributed by atoms with Crippen molar-refractivity contribution in [3.8, 4) is 5.75 Å². The van der Waals surface area contributed by atoms with Gasteiger partial charge in [0, 0.05) is 13.1 Å². The van der Waals surface area contributed by atoms with Crippen LogP contribution in [0, 0.1) is 0 Å². The molecule has 2 atom stereocenters. The van der Waals surface area contributed by atoms with E-state index < -0.39 is 23.4 Å². The molecular formula is C18H24N4O5. The topological polar surface area (TPSA) is 100 Å². The second-order valence-corrected chi connectivity index (χ2v) is 6.88. The minimum absolute atomic E-state index is 0.0432. The summed E-state index contributed by atoms with van der Waals surface area (Å²) >= 11 is 0. The number of carbonyl (C=O) groups is 3. The van der Waals surface area contributed by atoms with Crippen LogP contribution in [0.3, 0.4) is 0 Å². The molecule has 2 aliphatic rings. The number of rotatable bonds is 5. The lowest BCUT2D eigenvalue weighted by Gasteiger charge is -2.30. The summed E-state index contributed by atoms with van der Waals surface area (Å²) in [5.74, 6) is -0.322. The van der Waals surface area contributed by atoms with Crippen LogP contribution >= 0.6 is 0 Å². The molecule has 0 aliphatic carbocycles. The van der Waals surface area contributed by atoms with Gasteiger partial charge in [-0.25, -0.2) is 4.79 Å². The van der Waals surface area contributed by atoms with Gasteiger partial charge in [-0.1, -0.05) is 12.1 Å². The number of morpholine rings is 1. The molecule has 2 N–H and O–H groups in total. The summed E-state index contributed by atoms with van der Waals surface area (Å²) in [7, 11) is 1.55. The van der Waals surface area contributed by atoms with Crippen molar-refractivity contribution in [3.63, 3.8) is 0 Å². The Balaban J connectivity index is 1.67. The van der Waals surface area contributed by atoms with Gasteiger partial charge in [0.25, 0.3) is 11.8 Å². The highest BCUT2D eigenvalue weighted by Gasteiger charge is 2.50. The molecule has 0 bridgehead atoms. The summed E-state index contributed by atoms with van der Waals surface area (Å²) in [5, 5.41) is 3.39. The highest BCUT2D eigenvalue weighted by atomic mass is 16.5. The number of benzene rings is 1. The molecule has 3 rings (SSSR count). The standard InChI is InChI=1S/C18H24N4O5/c1-12-10-21(8-9-27-12)11-15(23)20-22-16(24)18(2,19-17(22)25)13-4-6-14(26-3)7-5-13/h4-7,12H,8-11H2,1-3H3,(H,19,25)(H,20,23)/t12-,18+/m1/s1. The number of methoxy groups -OCH3 is 1. The van der Waals surface area contributed by atoms with Crippen molar-refractivity contribution in [2.75, 3.05) is 33.4 Å². The minimum atomic E-state index is -1.26. The van der Waals surface area contributed by atoms with Crippen molar-refractivity contribution in [3.05, 3.63) is 29.8 Å². The van der Waals surface area contributed by atoms with Crippen molar-refractivity contribution in [1.82, 2.24) is 20.7 Å². The Kier molecular flexibility index (Phi) is 5.33. The number of nitrogens with zero attached hydrogens (tertiary/aromatic N) is 2. The Hall–Kier alpha value is -2.65. The average molecular weight is 376 g/mol. The third-order valence-electron chi connectivity index (χ3n) is 4.79. The zero-order chi connectivity index (χ0) is 19.6. The third kappa shape index (κ3) is 3.88. The fraction of sp³-hybridized carbons (Fsp3) is 0.500. The van der Waals surface area contributed by atoms with Gasteiger partial charge in [-0.15, -0.1) is 0 Å². The first kappa shape index (κ1) is 19.1. The zero-order valence-corrected chi connectivity index (χ0v) is 15.7. The number of amides is 4. The molecule has 146 valence electrons. The minimum Gasteiger partial charge on any atom is -0.497 e. The van der Waals surface area contributed by atoms with Crippen molar-refractivity contribution < 1.29 is 23.9 Å². The summed E-state index contributed by atoms with van der Waals surface area (Å²) in [6.07, 6.45) is 0.0432. The maximum absolute atomic E-state index is 12.8. The quantitative estimate of drug-likeness (QED) is 0.713. The van der Waals surface area contributed by atoms with Crippen LogP contribution in [0.5, 0.6) is 5.75 Å². The molecule has 0 radical (unpaired) electrons. The summed E-state index contributed by atoms with van der Waals surface area (Å²) in [6.45, 7) is 5.42. The van der Waals surface area contributed by atoms with Gasteiger partial charge in [-0.2, -0.15) is 5.01 Å². The number of hydrogen-bond acceptors (Lipinski definition) is 6. The molecule has 0 spiro atoms. The van der Waals surface area contributed by atoms with Crippen LogP contribution in [-0.4, -0.2) is 67.2 Å². The van der Waals surface area contributed by atoms with E-state index in [9.17, 15) is 14.4 Å². The Morgan fingerprint density at radius 1 is 1.37 bits per heavy atom. The lowest BCUT2D eigenvalue weighted by molar-refractivity contribution is -0.140. The van der Waals surface area contributed by atoms with E-state index >= 15 is 0 Å². The van der Waals surface area contributed by atoms with Gasteiger partial charge >= 0.3 is 6.03 Å². The molecule has 2 heterocycles. The smallest absolute Gasteiger partial charge is 0.344 e. The van der Waals surface area contributed by atoms with E-state index in [0.29, 0.717) is 31.0 Å². The maximum Gasteiger partial charge on any atom is 0.344 e. The van der Waals surface area contributed by atoms with E-state index in [-0.39, 0.29) is 12.6 Å². The van der Waals surface area contributed by atoms with Gasteiger partial charge in [0.1, 0.15) is 11.3 Å². The van der Waals surface area contributed by atoms with Gasteiger partial charge in [0.05, 0.1) is 26.4 Å². The van der Waals surface area contributed by atoms with E-state index in [1.165, 1.54) is 0 Å². The van der Waals surface area contributed by atoms with Crippen LogP contribution < -0.4 is 15.5 Å². The highest BCUT2D eigenvalue weighted by Crippen LogP contribution is 2.29. The van der Waals surface area contributed by atoms with Crippen LogP contribution in [0.15, 0.2) is 24.3 Å². The summed E-state index contributed by atoms with van der Waals surface area (Å²) < 4.78 is 10.6. The van der Waals surface area contributed by atoms with Crippen LogP contribution in [0.25, 0.3) is 0 Å². The lowest BCUT2D eigenvalue weighted by Crippen LogP contribution is -2.52. The SMILES string of the molecule is COc1ccc([C@]2(C)NC(=O)N(NC(=O)CN3CCO[C@H](C)C3)C2=O)cc1. The van der Waals surface area contributed by atoms with E-state index in [1.807, 2.05) is 11.8 Å². The van der Waals surface area contributed by atoms with Crippen LogP contribution in [0.4, 0.5) is 4.79 Å². The number of hydrazine groups is 1. The monoisotopic (exact) mass is 376 g/mol. The van der Waals surface area contributed by atoms with E-state index in [1.54, 1.807) is 38.3 Å². The zero-order valence-electron chi connectivity index (χ0n) is 15.7. The fourth-order valence-corrected chi connectivity index (χ4v) is 3.26. The van der Waals surface area contributed by atoms with Crippen molar-refractivity contribution in [2.45, 2.75) is 25.5 Å². The van der Waals surface area contributed by atoms with E-state index in [0.717, 1.165) is 5.01 Å². The summed E-state index contributed by atoms with van der Waals surface area (Å²) in [4.78, 5) is 39.4. The van der Waals surface area contributed by atoms with E-state index in [2.05, 4.69) is 10.7 Å². The predicted molar refractivity (Wildman–Crippen MR) is 95.7 cm³/mol.